The largest absolute Gasteiger partial charge is 0.399 e. The number of rotatable bonds is 7. The normalized spacial score (nSPS) is 15.4. The summed E-state index contributed by atoms with van der Waals surface area (Å²) in [4.78, 5) is 52.0. The molecule has 4 aliphatic rings. The lowest BCUT2D eigenvalue weighted by molar-refractivity contribution is -0.119. The molecule has 0 unspecified atom stereocenters. The van der Waals surface area contributed by atoms with Crippen LogP contribution in [0.1, 0.15) is 22.3 Å². The highest BCUT2D eigenvalue weighted by molar-refractivity contribution is 8.00. The monoisotopic (exact) mass is 854 g/mol. The number of hydrogen-bond donors (Lipinski definition) is 4. The second-order valence-electron chi connectivity index (χ2n) is 15.2. The number of nitrogens with one attached hydrogen (secondary N) is 3. The van der Waals surface area contributed by atoms with Gasteiger partial charge in [0.25, 0.3) is 0 Å². The van der Waals surface area contributed by atoms with Crippen molar-refractivity contribution in [1.82, 2.24) is 9.97 Å². The van der Waals surface area contributed by atoms with Gasteiger partial charge in [0, 0.05) is 98.9 Å². The summed E-state index contributed by atoms with van der Waals surface area (Å²) in [6.07, 6.45) is 1.61. The van der Waals surface area contributed by atoms with E-state index in [1.807, 2.05) is 30.3 Å². The SMILES string of the molecule is COCC(=O)Nc1ccc2c(c1)Cc1cccc(-c3cc(N4CCOCC4)cc(=O)[nH]3)c1S2.Nc1ccc2c(c1)Cc1cccc(-c3cc(N4CCOCC4)cc(=O)[nH]3)c1S2. The van der Waals surface area contributed by atoms with Crippen LogP contribution in [0.4, 0.5) is 22.7 Å². The minimum Gasteiger partial charge on any atom is -0.399 e. The van der Waals surface area contributed by atoms with Gasteiger partial charge in [0.15, 0.2) is 0 Å². The number of hydrogen-bond acceptors (Lipinski definition) is 11. The lowest BCUT2D eigenvalue weighted by Gasteiger charge is -2.29. The van der Waals surface area contributed by atoms with E-state index in [0.717, 1.165) is 99.6 Å². The van der Waals surface area contributed by atoms with Gasteiger partial charge >= 0.3 is 0 Å². The standard InChI is InChI=1S/C25H25N3O4S.C22H21N3O2S/c1-31-15-24(30)26-18-5-6-22-17(12-18)11-16-3-2-4-20(25(16)33-22)21-13-19(14-23(29)27-21)28-7-9-32-10-8-28;23-16-4-5-20-15(11-16)10-14-2-1-3-18(22(14)28-20)19-12-17(13-21(26)24-19)25-6-8-27-9-7-25/h2-6,12-14H,7-11,15H2,1H3,(H,26,30)(H,27,29);1-5,11-13H,6-10,23H2,(H,24,26). The molecule has 312 valence electrons. The maximum Gasteiger partial charge on any atom is 0.250 e. The minimum absolute atomic E-state index is 0.0275. The molecular formula is C47H46N6O6S2. The molecule has 2 fully saturated rings. The minimum atomic E-state index is -0.173. The molecule has 0 aliphatic carbocycles. The lowest BCUT2D eigenvalue weighted by atomic mass is 9.99. The van der Waals surface area contributed by atoms with E-state index in [1.165, 1.54) is 33.6 Å². The summed E-state index contributed by atoms with van der Waals surface area (Å²) in [7, 11) is 1.50. The number of nitrogens with two attached hydrogens (primary N) is 1. The van der Waals surface area contributed by atoms with Gasteiger partial charge in [-0.15, -0.1) is 0 Å². The van der Waals surface area contributed by atoms with Gasteiger partial charge < -0.3 is 45.0 Å². The van der Waals surface area contributed by atoms with Crippen LogP contribution in [0, 0.1) is 0 Å². The molecular weight excluding hydrogens is 809 g/mol. The van der Waals surface area contributed by atoms with Crippen molar-refractivity contribution in [3.63, 3.8) is 0 Å². The Morgan fingerprint density at radius 3 is 1.70 bits per heavy atom. The van der Waals surface area contributed by atoms with Gasteiger partial charge in [0.05, 0.1) is 37.8 Å². The summed E-state index contributed by atoms with van der Waals surface area (Å²) in [5.41, 5.74) is 17.9. The van der Waals surface area contributed by atoms with Crippen molar-refractivity contribution in [2.75, 3.05) is 87.2 Å². The van der Waals surface area contributed by atoms with Crippen LogP contribution < -0.4 is 32.0 Å². The average molecular weight is 855 g/mol. The van der Waals surface area contributed by atoms with Crippen molar-refractivity contribution >= 4 is 52.2 Å². The number of carbonyl (C=O) groups excluding carboxylic acids is 1. The summed E-state index contributed by atoms with van der Waals surface area (Å²) in [6.45, 7) is 5.92. The first kappa shape index (κ1) is 40.6. The zero-order chi connectivity index (χ0) is 41.9. The molecule has 4 aromatic carbocycles. The molecule has 61 heavy (non-hydrogen) atoms. The molecule has 4 aliphatic heterocycles. The van der Waals surface area contributed by atoms with Crippen LogP contribution in [0.3, 0.4) is 0 Å². The number of carbonyl (C=O) groups is 1. The van der Waals surface area contributed by atoms with Crippen molar-refractivity contribution in [1.29, 1.82) is 0 Å². The predicted molar refractivity (Wildman–Crippen MR) is 243 cm³/mol. The van der Waals surface area contributed by atoms with Crippen molar-refractivity contribution in [3.8, 4) is 22.5 Å². The number of fused-ring (bicyclic) bond motifs is 4. The Hall–Kier alpha value is -5.77. The van der Waals surface area contributed by atoms with Gasteiger partial charge in [0.1, 0.15) is 6.61 Å². The molecule has 6 aromatic rings. The Labute approximate surface area is 361 Å². The maximum absolute atomic E-state index is 12.5. The number of aromatic nitrogens is 2. The van der Waals surface area contributed by atoms with Crippen LogP contribution in [-0.4, -0.2) is 82.2 Å². The maximum atomic E-state index is 12.5. The molecule has 0 spiro atoms. The van der Waals surface area contributed by atoms with Gasteiger partial charge in [-0.05, 0) is 83.6 Å². The van der Waals surface area contributed by atoms with Gasteiger partial charge in [-0.25, -0.2) is 0 Å². The summed E-state index contributed by atoms with van der Waals surface area (Å²) >= 11 is 3.44. The van der Waals surface area contributed by atoms with E-state index in [9.17, 15) is 14.4 Å². The molecule has 0 radical (unpaired) electrons. The lowest BCUT2D eigenvalue weighted by Crippen LogP contribution is -2.36. The Kier molecular flexibility index (Phi) is 12.0. The first-order chi connectivity index (χ1) is 29.8. The van der Waals surface area contributed by atoms with Crippen LogP contribution in [-0.2, 0) is 31.8 Å². The zero-order valence-corrected chi connectivity index (χ0v) is 35.4. The fraction of sp³-hybridized carbons (Fsp3) is 0.255. The number of ether oxygens (including phenoxy) is 3. The molecule has 0 atom stereocenters. The number of methoxy groups -OCH3 is 1. The third kappa shape index (κ3) is 9.14. The van der Waals surface area contributed by atoms with E-state index < -0.39 is 0 Å². The Bertz CT molecular complexity index is 2720. The van der Waals surface area contributed by atoms with E-state index in [-0.39, 0.29) is 23.6 Å². The molecule has 2 aromatic heterocycles. The van der Waals surface area contributed by atoms with Crippen molar-refractivity contribution in [3.05, 3.63) is 140 Å². The number of nitrogen functional groups attached to an aromatic ring is 1. The van der Waals surface area contributed by atoms with Gasteiger partial charge in [-0.2, -0.15) is 0 Å². The van der Waals surface area contributed by atoms with Crippen LogP contribution in [0.25, 0.3) is 22.5 Å². The second kappa shape index (κ2) is 18.1. The van der Waals surface area contributed by atoms with Crippen LogP contribution in [0.2, 0.25) is 0 Å². The third-order valence-electron chi connectivity index (χ3n) is 11.1. The summed E-state index contributed by atoms with van der Waals surface area (Å²) in [6, 6.07) is 32.0. The third-order valence-corrected chi connectivity index (χ3v) is 13.7. The molecule has 0 saturated carbocycles. The number of aromatic amines is 2. The quantitative estimate of drug-likeness (QED) is 0.122. The Balaban J connectivity index is 0.000000158. The van der Waals surface area contributed by atoms with E-state index in [0.29, 0.717) is 26.4 Å². The Morgan fingerprint density at radius 2 is 1.18 bits per heavy atom. The van der Waals surface area contributed by atoms with Crippen molar-refractivity contribution in [2.24, 2.45) is 0 Å². The van der Waals surface area contributed by atoms with Crippen molar-refractivity contribution in [2.45, 2.75) is 32.4 Å². The fourth-order valence-corrected chi connectivity index (χ4v) is 10.5. The van der Waals surface area contributed by atoms with Crippen LogP contribution in [0.15, 0.2) is 126 Å². The number of pyridine rings is 2. The second-order valence-corrected chi connectivity index (χ2v) is 17.4. The van der Waals surface area contributed by atoms with E-state index in [2.05, 4.69) is 79.7 Å². The highest BCUT2D eigenvalue weighted by Crippen LogP contribution is 2.46. The summed E-state index contributed by atoms with van der Waals surface area (Å²) < 4.78 is 15.8. The van der Waals surface area contributed by atoms with Crippen LogP contribution >= 0.6 is 23.5 Å². The first-order valence-corrected chi connectivity index (χ1v) is 22.0. The summed E-state index contributed by atoms with van der Waals surface area (Å²) in [5.74, 6) is -0.173. The number of anilines is 4. The topological polar surface area (TPSA) is 155 Å². The molecule has 0 bridgehead atoms. The van der Waals surface area contributed by atoms with E-state index in [1.54, 1.807) is 35.7 Å². The summed E-state index contributed by atoms with van der Waals surface area (Å²) in [5, 5.41) is 2.87. The molecule has 10 rings (SSSR count). The molecule has 1 amide bonds. The first-order valence-electron chi connectivity index (χ1n) is 20.3. The highest BCUT2D eigenvalue weighted by atomic mass is 32.2. The van der Waals surface area contributed by atoms with E-state index in [4.69, 9.17) is 19.9 Å². The Morgan fingerprint density at radius 1 is 0.672 bits per heavy atom. The predicted octanol–water partition coefficient (Wildman–Crippen LogP) is 7.03. The smallest absolute Gasteiger partial charge is 0.250 e. The fourth-order valence-electron chi connectivity index (χ4n) is 8.16. The number of amides is 1. The molecule has 14 heteroatoms. The van der Waals surface area contributed by atoms with Crippen LogP contribution in [0.5, 0.6) is 0 Å². The number of H-pyrrole nitrogens is 2. The average Bonchev–Trinajstić information content (AvgIpc) is 3.27. The molecule has 12 nitrogen and oxygen atoms in total. The van der Waals surface area contributed by atoms with Gasteiger partial charge in [-0.1, -0.05) is 59.9 Å². The number of nitrogens with zero attached hydrogens (tertiary/aromatic N) is 2. The van der Waals surface area contributed by atoms with Gasteiger partial charge in [0.2, 0.25) is 17.0 Å². The molecule has 2 saturated heterocycles. The van der Waals surface area contributed by atoms with Gasteiger partial charge in [-0.3, -0.25) is 14.4 Å². The van der Waals surface area contributed by atoms with E-state index >= 15 is 0 Å². The molecule has 6 heterocycles. The molecule has 5 N–H and O–H groups in total. The number of morpholine rings is 2. The zero-order valence-electron chi connectivity index (χ0n) is 33.8. The highest BCUT2D eigenvalue weighted by Gasteiger charge is 2.24. The van der Waals surface area contributed by atoms with Crippen molar-refractivity contribution < 1.29 is 19.0 Å². The number of benzene rings is 4.